The van der Waals surface area contributed by atoms with E-state index in [2.05, 4.69) is 50.3 Å². The summed E-state index contributed by atoms with van der Waals surface area (Å²) in [4.78, 5) is 49.2. The molecule has 0 aromatic rings. The van der Waals surface area contributed by atoms with Crippen LogP contribution in [0, 0.1) is 0 Å². The summed E-state index contributed by atoms with van der Waals surface area (Å²) in [6.07, 6.45) is 1.31. The number of isocyanates is 1. The molecule has 11 nitrogen and oxygen atoms in total. The number of nitrogens with zero attached hydrogens (tertiary/aromatic N) is 1. The highest BCUT2D eigenvalue weighted by molar-refractivity contribution is 6.93. The summed E-state index contributed by atoms with van der Waals surface area (Å²) >= 11 is 8.80. The lowest BCUT2D eigenvalue weighted by Gasteiger charge is -1.91. The van der Waals surface area contributed by atoms with Crippen LogP contribution in [0.15, 0.2) is 4.99 Å². The van der Waals surface area contributed by atoms with E-state index < -0.39 is 10.7 Å². The first-order chi connectivity index (χ1) is 11.9. The maximum absolute atomic E-state index is 9.96. The maximum Gasteiger partial charge on any atom is 0.314 e. The summed E-state index contributed by atoms with van der Waals surface area (Å²) in [6, 6.07) is -0.157. The Hall–Kier alpha value is -2.04. The number of nitrogens with one attached hydrogen (secondary N) is 2. The van der Waals surface area contributed by atoms with E-state index in [0.717, 1.165) is 6.92 Å². The number of carbonyl (C=O) groups excluding carboxylic acids is 4. The van der Waals surface area contributed by atoms with Crippen LogP contribution in [-0.2, 0) is 14.4 Å². The zero-order valence-electron chi connectivity index (χ0n) is 16.3. The predicted octanol–water partition coefficient (Wildman–Crippen LogP) is 0.917. The van der Waals surface area contributed by atoms with Crippen LogP contribution in [0.3, 0.4) is 0 Å². The van der Waals surface area contributed by atoms with Gasteiger partial charge in [-0.3, -0.25) is 9.59 Å². The lowest BCUT2D eigenvalue weighted by atomic mass is 10.6. The fourth-order valence-electron chi connectivity index (χ4n) is 0.125. The Balaban J connectivity index is -0.0000000334. The number of nitrogens with two attached hydrogens (primary N) is 2. The normalized spacial score (nSPS) is 5.69. The molecule has 0 heterocycles. The number of hydrogen-bond acceptors (Lipinski definition) is 8. The van der Waals surface area contributed by atoms with Crippen molar-refractivity contribution in [1.29, 1.82) is 0 Å². The van der Waals surface area contributed by atoms with Crippen LogP contribution in [0.4, 0.5) is 9.59 Å². The molecule has 0 aliphatic rings. The molecule has 0 rings (SSSR count). The first kappa shape index (κ1) is 43.9. The fourth-order valence-corrected chi connectivity index (χ4v) is 0.125. The molecule has 0 saturated carbocycles. The van der Waals surface area contributed by atoms with Crippen LogP contribution in [0.2, 0.25) is 0 Å². The number of amides is 2. The van der Waals surface area contributed by atoms with Gasteiger partial charge in [0.2, 0.25) is 6.08 Å². The van der Waals surface area contributed by atoms with Crippen LogP contribution in [0.25, 0.3) is 0 Å². The van der Waals surface area contributed by atoms with Gasteiger partial charge < -0.3 is 32.0 Å². The minimum Gasteiger partial charge on any atom is -0.481 e. The Bertz CT molecular complexity index is 318. The van der Waals surface area contributed by atoms with Gasteiger partial charge in [0.05, 0.1) is 0 Å². The van der Waals surface area contributed by atoms with Gasteiger partial charge in [0.25, 0.3) is 5.97 Å². The minimum absolute atomic E-state index is 0.157. The molecule has 0 atom stereocenters. The predicted molar refractivity (Wildman–Crippen MR) is 105 cm³/mol. The van der Waals surface area contributed by atoms with Gasteiger partial charge in [-0.2, -0.15) is 0 Å². The van der Waals surface area contributed by atoms with E-state index in [0.29, 0.717) is 0 Å². The number of rotatable bonds is 0. The van der Waals surface area contributed by atoms with Crippen molar-refractivity contribution in [3.05, 3.63) is 0 Å². The number of Topliss-reactive ketones (excluding diaryl/α,β-unsaturated/α-hetero) is 1. The van der Waals surface area contributed by atoms with Gasteiger partial charge in [0, 0.05) is 28.1 Å². The van der Waals surface area contributed by atoms with Crippen LogP contribution >= 0.6 is 23.2 Å². The molecule has 26 heavy (non-hydrogen) atoms. The minimum atomic E-state index is -0.889. The van der Waals surface area contributed by atoms with Crippen molar-refractivity contribution < 1.29 is 29.1 Å². The average Bonchev–Trinajstić information content (AvgIpc) is 2.56. The van der Waals surface area contributed by atoms with Crippen molar-refractivity contribution in [1.82, 2.24) is 10.6 Å². The summed E-state index contributed by atoms with van der Waals surface area (Å²) in [6.45, 7) is 4.14. The van der Waals surface area contributed by atoms with Crippen LogP contribution in [0.1, 0.15) is 20.8 Å². The quantitative estimate of drug-likeness (QED) is 0.215. The van der Waals surface area contributed by atoms with Gasteiger partial charge in [0.1, 0.15) is 5.78 Å². The Labute approximate surface area is 164 Å². The number of urea groups is 1. The van der Waals surface area contributed by atoms with Gasteiger partial charge in [-0.1, -0.05) is 0 Å². The lowest BCUT2D eigenvalue weighted by molar-refractivity contribution is -0.134. The third-order valence-electron chi connectivity index (χ3n) is 0.545. The van der Waals surface area contributed by atoms with Gasteiger partial charge in [0.15, 0.2) is 0 Å². The second kappa shape index (κ2) is 56.8. The van der Waals surface area contributed by atoms with E-state index in [1.54, 1.807) is 14.1 Å². The summed E-state index contributed by atoms with van der Waals surface area (Å²) in [5, 5.41) is 12.1. The Kier molecular flexibility index (Phi) is 96.0. The van der Waals surface area contributed by atoms with Gasteiger partial charge in [-0.25, -0.2) is 14.6 Å². The number of carboxylic acids is 1. The summed E-state index contributed by atoms with van der Waals surface area (Å²) < 4.78 is -0.889. The summed E-state index contributed by atoms with van der Waals surface area (Å²) in [5.41, 5.74) is 9.00. The van der Waals surface area contributed by atoms with E-state index in [-0.39, 0.29) is 11.8 Å². The summed E-state index contributed by atoms with van der Waals surface area (Å²) in [7, 11) is 7.52. The smallest absolute Gasteiger partial charge is 0.314 e. The van der Waals surface area contributed by atoms with E-state index in [1.165, 1.54) is 41.1 Å². The van der Waals surface area contributed by atoms with E-state index in [4.69, 9.17) is 19.5 Å². The number of ketones is 1. The number of carbonyl (C=O) groups is 4. The van der Waals surface area contributed by atoms with Gasteiger partial charge in [-0.15, -0.1) is 0 Å². The molecular weight excluding hydrogens is 393 g/mol. The number of aliphatic imine (C=N–C) groups is 1. The lowest BCUT2D eigenvalue weighted by Crippen LogP contribution is -2.28. The molecular formula is C13H31Cl2N5O6. The molecule has 0 aliphatic heterocycles. The van der Waals surface area contributed by atoms with Crippen LogP contribution in [0.5, 0.6) is 0 Å². The standard InChI is InChI=1S/C3H8N2O.C3H6O.C2H3NO.C2H4O2.CCl2O.2CH5N/c1-4-3(6)5-2;1-3(2)4;1-3-2-4;1-2(3)4;2-1(3)4;2*1-2/h1-2H3,(H2,4,5,6);1-2H3;1H3;1H3,(H,3,4);;2*2H2,1H3. The highest BCUT2D eigenvalue weighted by atomic mass is 35.5. The molecule has 0 bridgehead atoms. The number of aliphatic carboxylic acids is 1. The first-order valence-electron chi connectivity index (χ1n) is 6.45. The van der Waals surface area contributed by atoms with E-state index in [1.807, 2.05) is 0 Å². The fraction of sp³-hybridized carbons (Fsp3) is 0.615. The van der Waals surface area contributed by atoms with E-state index >= 15 is 0 Å². The SMILES string of the molecule is CC(=O)O.CC(C)=O.CN.CN.CN=C=O.CNC(=O)NC.O=C(Cl)Cl. The Morgan fingerprint density at radius 1 is 0.923 bits per heavy atom. The second-order valence-electron chi connectivity index (χ2n) is 2.80. The number of carboxylic acid groups (broad SMARTS) is 1. The van der Waals surface area contributed by atoms with Crippen molar-refractivity contribution in [2.75, 3.05) is 35.2 Å². The van der Waals surface area contributed by atoms with Crippen molar-refractivity contribution in [2.24, 2.45) is 16.5 Å². The maximum atomic E-state index is 9.96. The number of halogens is 2. The van der Waals surface area contributed by atoms with Crippen molar-refractivity contribution in [3.8, 4) is 0 Å². The molecule has 0 aliphatic carbocycles. The monoisotopic (exact) mass is 423 g/mol. The molecule has 158 valence electrons. The third-order valence-corrected chi connectivity index (χ3v) is 0.545. The zero-order valence-corrected chi connectivity index (χ0v) is 17.9. The zero-order chi connectivity index (χ0) is 23.1. The molecule has 7 N–H and O–H groups in total. The Morgan fingerprint density at radius 3 is 1.04 bits per heavy atom. The Morgan fingerprint density at radius 2 is 1.04 bits per heavy atom. The van der Waals surface area contributed by atoms with Gasteiger partial charge in [-0.05, 0) is 51.1 Å². The molecule has 0 spiro atoms. The van der Waals surface area contributed by atoms with Crippen molar-refractivity contribution in [3.63, 3.8) is 0 Å². The molecule has 13 heteroatoms. The molecule has 0 saturated heterocycles. The molecule has 0 fully saturated rings. The topological polar surface area (TPSA) is 194 Å². The molecule has 0 radical (unpaired) electrons. The summed E-state index contributed by atoms with van der Waals surface area (Å²) in [5.74, 6) is -0.667. The largest absolute Gasteiger partial charge is 0.481 e. The third kappa shape index (κ3) is 1100. The van der Waals surface area contributed by atoms with Gasteiger partial charge >= 0.3 is 10.7 Å². The average molecular weight is 424 g/mol. The van der Waals surface area contributed by atoms with Crippen LogP contribution < -0.4 is 22.1 Å². The molecule has 2 amide bonds. The first-order valence-corrected chi connectivity index (χ1v) is 7.20. The van der Waals surface area contributed by atoms with Crippen LogP contribution in [-0.4, -0.2) is 68.9 Å². The second-order valence-corrected chi connectivity index (χ2v) is 3.68. The highest BCUT2D eigenvalue weighted by Crippen LogP contribution is 1.84. The van der Waals surface area contributed by atoms with E-state index in [9.17, 15) is 9.59 Å². The van der Waals surface area contributed by atoms with Crippen molar-refractivity contribution in [2.45, 2.75) is 20.8 Å². The molecule has 0 unspecified atom stereocenters. The van der Waals surface area contributed by atoms with Crippen molar-refractivity contribution >= 4 is 51.8 Å². The molecule has 0 aromatic carbocycles. The highest BCUT2D eigenvalue weighted by Gasteiger charge is 1.81. The number of hydrogen-bond donors (Lipinski definition) is 5. The molecule has 0 aromatic heterocycles.